The molecule has 7 heteroatoms. The maximum absolute atomic E-state index is 9.00. The van der Waals surface area contributed by atoms with Crippen LogP contribution < -0.4 is 0 Å². The molecule has 1 aromatic rings. The molecule has 113 valence electrons. The maximum Gasteiger partial charge on any atom is 0.300 e. The number of carbonyl (C=O) groups is 3. The van der Waals surface area contributed by atoms with Crippen LogP contribution in [0.15, 0.2) is 36.4 Å². The Balaban J connectivity index is -0.0000000796. The van der Waals surface area contributed by atoms with Crippen LogP contribution in [0.25, 0.3) is 0 Å². The fourth-order valence-corrected chi connectivity index (χ4v) is 0.385. The Hall–Kier alpha value is -1.11. The zero-order chi connectivity index (χ0) is 15.0. The second-order valence-corrected chi connectivity index (χ2v) is 2.71. The molecule has 0 aliphatic heterocycles. The fraction of sp³-hybridized carbons (Fsp3) is 0.250. The van der Waals surface area contributed by atoms with Crippen molar-refractivity contribution in [2.75, 3.05) is 0 Å². The Morgan fingerprint density at radius 1 is 0.579 bits per heavy atom. The van der Waals surface area contributed by atoms with Crippen LogP contribution in [0, 0.1) is 37.7 Å². The van der Waals surface area contributed by atoms with Gasteiger partial charge in [0.05, 0.1) is 0 Å². The maximum atomic E-state index is 9.00. The van der Waals surface area contributed by atoms with Crippen LogP contribution >= 0.6 is 0 Å². The Kier molecular flexibility index (Phi) is 30.8. The van der Waals surface area contributed by atoms with E-state index in [9.17, 15) is 0 Å². The molecular weight excluding hydrogens is 405 g/mol. The van der Waals surface area contributed by atoms with Gasteiger partial charge < -0.3 is 15.3 Å². The molecule has 0 heterocycles. The number of hydrogen-bond acceptors (Lipinski definition) is 3. The minimum atomic E-state index is -0.833. The van der Waals surface area contributed by atoms with Crippen molar-refractivity contribution in [3.8, 4) is 0 Å². The molecular formula is C12H18HoO6. The number of carboxylic acids is 3. The molecule has 1 aromatic carbocycles. The molecule has 0 saturated heterocycles. The average molecular weight is 423 g/mol. The molecule has 0 amide bonds. The van der Waals surface area contributed by atoms with Crippen molar-refractivity contribution in [1.29, 1.82) is 0 Å². The second kappa shape index (κ2) is 22.1. The first-order valence-corrected chi connectivity index (χ1v) is 4.78. The predicted molar refractivity (Wildman–Crippen MR) is 66.4 cm³/mol. The van der Waals surface area contributed by atoms with Crippen LogP contribution in [0.2, 0.25) is 0 Å². The molecule has 0 aromatic heterocycles. The van der Waals surface area contributed by atoms with E-state index in [0.717, 1.165) is 20.8 Å². The summed E-state index contributed by atoms with van der Waals surface area (Å²) in [5.41, 5.74) is 0. The Bertz CT molecular complexity index is 259. The van der Waals surface area contributed by atoms with Crippen molar-refractivity contribution in [1.82, 2.24) is 0 Å². The van der Waals surface area contributed by atoms with E-state index in [2.05, 4.69) is 0 Å². The molecule has 0 aliphatic carbocycles. The van der Waals surface area contributed by atoms with Crippen LogP contribution in [0.4, 0.5) is 0 Å². The van der Waals surface area contributed by atoms with Crippen LogP contribution in [0.3, 0.4) is 0 Å². The summed E-state index contributed by atoms with van der Waals surface area (Å²) in [6.45, 7) is 3.25. The number of rotatable bonds is 0. The summed E-state index contributed by atoms with van der Waals surface area (Å²) in [4.78, 5) is 27.0. The van der Waals surface area contributed by atoms with Gasteiger partial charge in [0, 0.05) is 58.5 Å². The summed E-state index contributed by atoms with van der Waals surface area (Å²) in [5, 5.41) is 22.2. The van der Waals surface area contributed by atoms with Gasteiger partial charge in [-0.25, -0.2) is 0 Å². The van der Waals surface area contributed by atoms with E-state index in [0.29, 0.717) is 0 Å². The van der Waals surface area contributed by atoms with Crippen molar-refractivity contribution in [2.24, 2.45) is 0 Å². The molecule has 0 unspecified atom stereocenters. The van der Waals surface area contributed by atoms with Crippen molar-refractivity contribution < 1.29 is 67.4 Å². The van der Waals surface area contributed by atoms with E-state index < -0.39 is 17.9 Å². The van der Waals surface area contributed by atoms with Gasteiger partial charge in [-0.2, -0.15) is 0 Å². The number of carboxylic acid groups (broad SMARTS) is 3. The number of benzene rings is 1. The molecule has 1 radical (unpaired) electrons. The summed E-state index contributed by atoms with van der Waals surface area (Å²) < 4.78 is 0. The van der Waals surface area contributed by atoms with Gasteiger partial charge in [0.25, 0.3) is 17.9 Å². The normalized spacial score (nSPS) is 6.47. The van der Waals surface area contributed by atoms with Gasteiger partial charge in [0.2, 0.25) is 0 Å². The molecule has 0 saturated carbocycles. The first kappa shape index (κ1) is 26.5. The average Bonchev–Trinajstić information content (AvgIpc) is 2.17. The molecule has 3 N–H and O–H groups in total. The quantitative estimate of drug-likeness (QED) is 0.551. The minimum Gasteiger partial charge on any atom is -0.481 e. The van der Waals surface area contributed by atoms with Gasteiger partial charge in [-0.05, 0) is 0 Å². The van der Waals surface area contributed by atoms with Crippen LogP contribution in [-0.4, -0.2) is 33.2 Å². The summed E-state index contributed by atoms with van der Waals surface area (Å²) in [6, 6.07) is 12.0. The molecule has 0 bridgehead atoms. The van der Waals surface area contributed by atoms with Crippen LogP contribution in [-0.2, 0) is 14.4 Å². The smallest absolute Gasteiger partial charge is 0.300 e. The first-order chi connectivity index (χ1) is 8.20. The van der Waals surface area contributed by atoms with Crippen molar-refractivity contribution >= 4 is 17.9 Å². The van der Waals surface area contributed by atoms with E-state index in [1.165, 1.54) is 0 Å². The van der Waals surface area contributed by atoms with E-state index >= 15 is 0 Å². The van der Waals surface area contributed by atoms with E-state index in [-0.39, 0.29) is 37.7 Å². The van der Waals surface area contributed by atoms with Crippen LogP contribution in [0.1, 0.15) is 20.8 Å². The zero-order valence-electron chi connectivity index (χ0n) is 10.8. The summed E-state index contributed by atoms with van der Waals surface area (Å²) in [7, 11) is 0. The predicted octanol–water partition coefficient (Wildman–Crippen LogP) is 1.96. The van der Waals surface area contributed by atoms with Crippen molar-refractivity contribution in [3.05, 3.63) is 36.4 Å². The first-order valence-electron chi connectivity index (χ1n) is 4.78. The third-order valence-electron chi connectivity index (χ3n) is 0.667. The Labute approximate surface area is 142 Å². The van der Waals surface area contributed by atoms with Gasteiger partial charge in [-0.1, -0.05) is 36.4 Å². The van der Waals surface area contributed by atoms with Gasteiger partial charge in [0.15, 0.2) is 0 Å². The molecule has 6 nitrogen and oxygen atoms in total. The zero-order valence-corrected chi connectivity index (χ0v) is 12.8. The SMILES string of the molecule is CC(=O)O.CC(=O)O.CC(=O)O.[Ho].c1ccccc1. The third kappa shape index (κ3) is 157. The molecule has 0 spiro atoms. The summed E-state index contributed by atoms with van der Waals surface area (Å²) in [6.07, 6.45) is 0. The van der Waals surface area contributed by atoms with Gasteiger partial charge in [0.1, 0.15) is 0 Å². The fourth-order valence-electron chi connectivity index (χ4n) is 0.385. The van der Waals surface area contributed by atoms with Gasteiger partial charge in [-0.15, -0.1) is 0 Å². The largest absolute Gasteiger partial charge is 0.481 e. The molecule has 0 atom stereocenters. The molecule has 0 fully saturated rings. The summed E-state index contributed by atoms with van der Waals surface area (Å²) in [5.74, 6) is -2.50. The Morgan fingerprint density at radius 2 is 0.632 bits per heavy atom. The number of aliphatic carboxylic acids is 3. The van der Waals surface area contributed by atoms with Crippen molar-refractivity contribution in [2.45, 2.75) is 20.8 Å². The standard InChI is InChI=1S/C6H6.3C2H4O2.Ho/c1-2-4-6-5-3-1;3*1-2(3)4;/h1-6H;3*1H3,(H,3,4);. The van der Waals surface area contributed by atoms with Gasteiger partial charge >= 0.3 is 0 Å². The molecule has 19 heavy (non-hydrogen) atoms. The Morgan fingerprint density at radius 3 is 0.684 bits per heavy atom. The second-order valence-electron chi connectivity index (χ2n) is 2.71. The monoisotopic (exact) mass is 423 g/mol. The van der Waals surface area contributed by atoms with Crippen LogP contribution in [0.5, 0.6) is 0 Å². The number of hydrogen-bond donors (Lipinski definition) is 3. The van der Waals surface area contributed by atoms with E-state index in [4.69, 9.17) is 29.7 Å². The molecule has 1 rings (SSSR count). The topological polar surface area (TPSA) is 112 Å². The third-order valence-corrected chi connectivity index (χ3v) is 0.667. The van der Waals surface area contributed by atoms with Crippen molar-refractivity contribution in [3.63, 3.8) is 0 Å². The minimum absolute atomic E-state index is 0. The van der Waals surface area contributed by atoms with E-state index in [1.54, 1.807) is 0 Å². The van der Waals surface area contributed by atoms with Gasteiger partial charge in [-0.3, -0.25) is 14.4 Å². The summed E-state index contributed by atoms with van der Waals surface area (Å²) >= 11 is 0. The van der Waals surface area contributed by atoms with E-state index in [1.807, 2.05) is 36.4 Å². The molecule has 0 aliphatic rings.